The molecule has 4 nitrogen and oxygen atoms in total. The third kappa shape index (κ3) is 3.90. The van der Waals surface area contributed by atoms with E-state index in [2.05, 4.69) is 22.8 Å². The lowest BCUT2D eigenvalue weighted by atomic mass is 9.94. The number of carbonyl (C=O) groups is 1. The van der Waals surface area contributed by atoms with Crippen LogP contribution < -0.4 is 0 Å². The normalized spacial score (nSPS) is 15.1. The molecule has 0 aliphatic heterocycles. The Morgan fingerprint density at radius 2 is 1.74 bits per heavy atom. The quantitative estimate of drug-likeness (QED) is 0.675. The third-order valence-electron chi connectivity index (χ3n) is 5.75. The summed E-state index contributed by atoms with van der Waals surface area (Å²) in [7, 11) is 1.97. The Morgan fingerprint density at radius 1 is 1.04 bits per heavy atom. The molecule has 1 saturated carbocycles. The first-order valence-corrected chi connectivity index (χ1v) is 9.96. The summed E-state index contributed by atoms with van der Waals surface area (Å²) in [6.07, 6.45) is 6.75. The molecule has 2 aromatic carbocycles. The van der Waals surface area contributed by atoms with E-state index in [0.717, 1.165) is 36.1 Å². The molecule has 1 aliphatic rings. The summed E-state index contributed by atoms with van der Waals surface area (Å²) in [5.74, 6) is 1.13. The molecule has 0 saturated heterocycles. The van der Waals surface area contributed by atoms with Crippen LogP contribution in [0.15, 0.2) is 54.6 Å². The van der Waals surface area contributed by atoms with Crippen molar-refractivity contribution in [3.63, 3.8) is 0 Å². The molecule has 4 rings (SSSR count). The maximum Gasteiger partial charge on any atom is 0.242 e. The fourth-order valence-corrected chi connectivity index (χ4v) is 4.13. The Morgan fingerprint density at radius 3 is 2.52 bits per heavy atom. The first-order valence-electron chi connectivity index (χ1n) is 9.96. The van der Waals surface area contributed by atoms with Gasteiger partial charge in [0.1, 0.15) is 12.4 Å². The summed E-state index contributed by atoms with van der Waals surface area (Å²) in [6, 6.07) is 18.8. The summed E-state index contributed by atoms with van der Waals surface area (Å²) >= 11 is 0. The van der Waals surface area contributed by atoms with Gasteiger partial charge in [0.2, 0.25) is 5.91 Å². The topological polar surface area (TPSA) is 38.1 Å². The van der Waals surface area contributed by atoms with Gasteiger partial charge in [0.15, 0.2) is 0 Å². The molecule has 0 spiro atoms. The van der Waals surface area contributed by atoms with Crippen LogP contribution in [0.25, 0.3) is 11.0 Å². The summed E-state index contributed by atoms with van der Waals surface area (Å²) in [5, 5.41) is 0. The molecule has 0 atom stereocenters. The van der Waals surface area contributed by atoms with Crippen LogP contribution in [-0.2, 0) is 17.8 Å². The van der Waals surface area contributed by atoms with Crippen molar-refractivity contribution in [2.45, 2.75) is 51.1 Å². The lowest BCUT2D eigenvalue weighted by Crippen LogP contribution is -2.40. The molecular weight excluding hydrogens is 334 g/mol. The number of imidazole rings is 1. The molecule has 0 unspecified atom stereocenters. The van der Waals surface area contributed by atoms with Crippen LogP contribution in [0.5, 0.6) is 0 Å². The molecule has 0 bridgehead atoms. The van der Waals surface area contributed by atoms with Gasteiger partial charge in [-0.1, -0.05) is 61.7 Å². The molecule has 1 heterocycles. The van der Waals surface area contributed by atoms with Gasteiger partial charge in [0, 0.05) is 19.5 Å². The van der Waals surface area contributed by atoms with Gasteiger partial charge in [-0.25, -0.2) is 4.98 Å². The van der Waals surface area contributed by atoms with E-state index in [1.54, 1.807) is 0 Å². The van der Waals surface area contributed by atoms with Crippen molar-refractivity contribution in [3.05, 3.63) is 66.0 Å². The zero-order valence-corrected chi connectivity index (χ0v) is 16.0. The number of carbonyl (C=O) groups excluding carboxylic acids is 1. The zero-order chi connectivity index (χ0) is 18.6. The first-order chi connectivity index (χ1) is 13.2. The monoisotopic (exact) mass is 361 g/mol. The average Bonchev–Trinajstić information content (AvgIpc) is 3.06. The largest absolute Gasteiger partial charge is 0.341 e. The van der Waals surface area contributed by atoms with E-state index in [-0.39, 0.29) is 5.91 Å². The Hall–Kier alpha value is -2.62. The second-order valence-corrected chi connectivity index (χ2v) is 7.56. The number of nitrogens with zero attached hydrogens (tertiary/aromatic N) is 3. The van der Waals surface area contributed by atoms with Gasteiger partial charge < -0.3 is 9.47 Å². The summed E-state index contributed by atoms with van der Waals surface area (Å²) in [4.78, 5) is 19.8. The minimum Gasteiger partial charge on any atom is -0.341 e. The van der Waals surface area contributed by atoms with Gasteiger partial charge in [0.25, 0.3) is 0 Å². The molecule has 1 aromatic heterocycles. The summed E-state index contributed by atoms with van der Waals surface area (Å²) in [5.41, 5.74) is 3.20. The molecule has 4 heteroatoms. The number of aromatic nitrogens is 2. The van der Waals surface area contributed by atoms with Gasteiger partial charge in [0.05, 0.1) is 11.0 Å². The highest BCUT2D eigenvalue weighted by Crippen LogP contribution is 2.23. The third-order valence-corrected chi connectivity index (χ3v) is 5.75. The minimum atomic E-state index is 0.180. The van der Waals surface area contributed by atoms with Gasteiger partial charge >= 0.3 is 0 Å². The Balaban J connectivity index is 1.61. The van der Waals surface area contributed by atoms with Crippen LogP contribution >= 0.6 is 0 Å². The number of hydrogen-bond acceptors (Lipinski definition) is 2. The molecule has 1 fully saturated rings. The maximum atomic E-state index is 13.0. The van der Waals surface area contributed by atoms with Crippen LogP contribution in [0.1, 0.15) is 43.5 Å². The summed E-state index contributed by atoms with van der Waals surface area (Å²) in [6.45, 7) is 0.357. The number of benzene rings is 2. The van der Waals surface area contributed by atoms with Crippen LogP contribution in [0.3, 0.4) is 0 Å². The molecule has 0 radical (unpaired) electrons. The van der Waals surface area contributed by atoms with Gasteiger partial charge in [-0.2, -0.15) is 0 Å². The van der Waals surface area contributed by atoms with E-state index in [1.165, 1.54) is 24.8 Å². The highest BCUT2D eigenvalue weighted by atomic mass is 16.2. The fourth-order valence-electron chi connectivity index (χ4n) is 4.13. The predicted molar refractivity (Wildman–Crippen MR) is 109 cm³/mol. The van der Waals surface area contributed by atoms with E-state index >= 15 is 0 Å². The van der Waals surface area contributed by atoms with Crippen LogP contribution in [0.4, 0.5) is 0 Å². The molecule has 1 aliphatic carbocycles. The highest BCUT2D eigenvalue weighted by molar-refractivity contribution is 5.81. The number of likely N-dealkylation sites (N-methyl/N-ethyl adjacent to an activating group) is 1. The van der Waals surface area contributed by atoms with Crippen molar-refractivity contribution in [2.75, 3.05) is 7.05 Å². The zero-order valence-electron chi connectivity index (χ0n) is 16.0. The molecular formula is C23H27N3O. The lowest BCUT2D eigenvalue weighted by Gasteiger charge is -2.31. The van der Waals surface area contributed by atoms with Crippen LogP contribution in [0, 0.1) is 0 Å². The van der Waals surface area contributed by atoms with Crippen molar-refractivity contribution in [3.8, 4) is 0 Å². The Labute approximate surface area is 160 Å². The predicted octanol–water partition coefficient (Wildman–Crippen LogP) is 4.42. The molecule has 3 aromatic rings. The van der Waals surface area contributed by atoms with Crippen LogP contribution in [-0.4, -0.2) is 33.4 Å². The van der Waals surface area contributed by atoms with Crippen molar-refractivity contribution in [2.24, 2.45) is 0 Å². The number of rotatable bonds is 5. The van der Waals surface area contributed by atoms with E-state index in [4.69, 9.17) is 4.98 Å². The average molecular weight is 361 g/mol. The van der Waals surface area contributed by atoms with Gasteiger partial charge in [-0.3, -0.25) is 4.79 Å². The smallest absolute Gasteiger partial charge is 0.242 e. The molecule has 27 heavy (non-hydrogen) atoms. The van der Waals surface area contributed by atoms with Gasteiger partial charge in [-0.15, -0.1) is 0 Å². The van der Waals surface area contributed by atoms with Crippen molar-refractivity contribution in [1.82, 2.24) is 14.5 Å². The van der Waals surface area contributed by atoms with Crippen molar-refractivity contribution in [1.29, 1.82) is 0 Å². The standard InChI is InChI=1S/C23H27N3O/c1-25(19-12-6-3-7-13-19)23(27)17-26-21-15-9-8-14-20(21)24-22(26)16-18-10-4-2-5-11-18/h2,4-5,8-11,14-15,19H,3,6-7,12-13,16-17H2,1H3. The number of amides is 1. The number of para-hydroxylation sites is 2. The van der Waals surface area contributed by atoms with Crippen molar-refractivity contribution < 1.29 is 4.79 Å². The highest BCUT2D eigenvalue weighted by Gasteiger charge is 2.23. The molecule has 0 N–H and O–H groups in total. The number of fused-ring (bicyclic) bond motifs is 1. The van der Waals surface area contributed by atoms with E-state index in [0.29, 0.717) is 12.6 Å². The van der Waals surface area contributed by atoms with E-state index in [1.807, 2.05) is 48.3 Å². The Bertz CT molecular complexity index is 910. The van der Waals surface area contributed by atoms with Gasteiger partial charge in [-0.05, 0) is 30.5 Å². The van der Waals surface area contributed by atoms with Crippen molar-refractivity contribution >= 4 is 16.9 Å². The lowest BCUT2D eigenvalue weighted by molar-refractivity contribution is -0.133. The Kier molecular flexibility index (Phi) is 5.23. The SMILES string of the molecule is CN(C(=O)Cn1c(Cc2ccccc2)nc2ccccc21)C1CCCCC1. The van der Waals surface area contributed by atoms with E-state index < -0.39 is 0 Å². The fraction of sp³-hybridized carbons (Fsp3) is 0.391. The second-order valence-electron chi connectivity index (χ2n) is 7.56. The van der Waals surface area contributed by atoms with E-state index in [9.17, 15) is 4.79 Å². The maximum absolute atomic E-state index is 13.0. The summed E-state index contributed by atoms with van der Waals surface area (Å²) < 4.78 is 2.10. The van der Waals surface area contributed by atoms with Crippen LogP contribution in [0.2, 0.25) is 0 Å². The molecule has 1 amide bonds. The minimum absolute atomic E-state index is 0.180. The molecule has 140 valence electrons. The first kappa shape index (κ1) is 17.8. The number of hydrogen-bond donors (Lipinski definition) is 0. The second kappa shape index (κ2) is 7.95.